The van der Waals surface area contributed by atoms with Gasteiger partial charge in [-0.25, -0.2) is 13.0 Å². The molecular formula is C31H33N5O4S. The number of rotatable bonds is 6. The number of morpholine rings is 1. The van der Waals surface area contributed by atoms with Crippen LogP contribution in [-0.2, 0) is 21.9 Å². The number of aryl methyl sites for hydroxylation is 2. The van der Waals surface area contributed by atoms with Gasteiger partial charge >= 0.3 is 5.65 Å². The van der Waals surface area contributed by atoms with Crippen LogP contribution in [0, 0.1) is 18.3 Å². The van der Waals surface area contributed by atoms with E-state index < -0.39 is 10.1 Å². The van der Waals surface area contributed by atoms with E-state index in [0.29, 0.717) is 5.56 Å². The van der Waals surface area contributed by atoms with Crippen LogP contribution in [0.2, 0.25) is 0 Å². The zero-order chi connectivity index (χ0) is 29.0. The van der Waals surface area contributed by atoms with Crippen molar-refractivity contribution in [2.45, 2.75) is 18.2 Å². The highest BCUT2D eigenvalue weighted by Gasteiger charge is 2.26. The summed E-state index contributed by atoms with van der Waals surface area (Å²) in [4.78, 5) is 2.26. The fourth-order valence-electron chi connectivity index (χ4n) is 5.30. The molecule has 1 aliphatic heterocycles. The molecule has 3 aromatic carbocycles. The smallest absolute Gasteiger partial charge is 0.307 e. The molecular weight excluding hydrogens is 538 g/mol. The minimum atomic E-state index is -4.27. The molecule has 2 aromatic heterocycles. The molecule has 0 unspecified atom stereocenters. The van der Waals surface area contributed by atoms with Crippen LogP contribution in [0.3, 0.4) is 0 Å². The number of anilines is 1. The molecule has 1 aliphatic rings. The van der Waals surface area contributed by atoms with Gasteiger partial charge in [0.15, 0.2) is 16.6 Å². The van der Waals surface area contributed by atoms with Crippen molar-refractivity contribution in [3.8, 4) is 6.07 Å². The number of ether oxygens (including phenoxy) is 1. The van der Waals surface area contributed by atoms with E-state index in [9.17, 15) is 18.2 Å². The van der Waals surface area contributed by atoms with Crippen molar-refractivity contribution in [3.05, 3.63) is 83.9 Å². The topological polar surface area (TPSA) is 114 Å². The van der Waals surface area contributed by atoms with Crippen LogP contribution in [0.25, 0.3) is 27.6 Å². The number of fused-ring (bicyclic) bond motifs is 5. The molecule has 9 nitrogen and oxygen atoms in total. The summed E-state index contributed by atoms with van der Waals surface area (Å²) in [6.07, 6.45) is 1.03. The lowest BCUT2D eigenvalue weighted by Gasteiger charge is -2.26. The summed E-state index contributed by atoms with van der Waals surface area (Å²) in [5.74, 6) is 0. The van der Waals surface area contributed by atoms with Gasteiger partial charge in [0.1, 0.15) is 21.7 Å². The third-order valence-corrected chi connectivity index (χ3v) is 8.23. The number of benzene rings is 3. The summed E-state index contributed by atoms with van der Waals surface area (Å²) < 4.78 is 40.9. The van der Waals surface area contributed by atoms with Gasteiger partial charge in [0, 0.05) is 25.0 Å². The van der Waals surface area contributed by atoms with E-state index in [4.69, 9.17) is 4.74 Å². The maximum Gasteiger partial charge on any atom is 0.307 e. The quantitative estimate of drug-likeness (QED) is 0.186. The normalized spacial score (nSPS) is 14.1. The van der Waals surface area contributed by atoms with Crippen molar-refractivity contribution in [2.24, 2.45) is 7.05 Å². The van der Waals surface area contributed by atoms with E-state index in [1.165, 1.54) is 12.1 Å². The monoisotopic (exact) mass is 571 g/mol. The molecule has 0 spiro atoms. The van der Waals surface area contributed by atoms with Crippen molar-refractivity contribution in [3.63, 3.8) is 0 Å². The Morgan fingerprint density at radius 3 is 2.34 bits per heavy atom. The molecule has 0 aliphatic carbocycles. The van der Waals surface area contributed by atoms with E-state index in [1.807, 2.05) is 32.2 Å². The van der Waals surface area contributed by atoms with Gasteiger partial charge in [0.2, 0.25) is 0 Å². The Labute approximate surface area is 239 Å². The fraction of sp³-hybridized carbons (Fsp3) is 0.290. The number of hydrogen-bond acceptors (Lipinski definition) is 7. The standard InChI is InChI=1S/C24H25N5O.C7H8O3S/c1-27-21-9-4-5-10-22(21)29-20-8-3-2-7-18(20)23(19(17-25)24(27)29)26-11-6-12-28-13-15-30-16-14-28;1-6-2-4-7(5-3-6)11(8,9)10/h2-5,7-10H,6,11-16H2,1H3;2-5H,1H3,(H,8,9,10). The number of aromatic nitrogens is 2. The number of imidazole rings is 1. The van der Waals surface area contributed by atoms with Crippen LogP contribution >= 0.6 is 0 Å². The van der Waals surface area contributed by atoms with Crippen LogP contribution in [0.15, 0.2) is 77.7 Å². The molecule has 3 heterocycles. The molecule has 41 heavy (non-hydrogen) atoms. The van der Waals surface area contributed by atoms with Crippen molar-refractivity contribution in [1.82, 2.24) is 9.30 Å². The minimum absolute atomic E-state index is 0.178. The highest BCUT2D eigenvalue weighted by atomic mass is 32.2. The second-order valence-corrected chi connectivity index (χ2v) is 11.5. The van der Waals surface area contributed by atoms with Crippen LogP contribution in [0.1, 0.15) is 17.5 Å². The van der Waals surface area contributed by atoms with Crippen LogP contribution in [-0.4, -0.2) is 61.7 Å². The third kappa shape index (κ3) is 6.04. The highest BCUT2D eigenvalue weighted by Crippen LogP contribution is 2.32. The lowest BCUT2D eigenvalue weighted by atomic mass is 10.1. The van der Waals surface area contributed by atoms with E-state index in [0.717, 1.165) is 84.6 Å². The van der Waals surface area contributed by atoms with Crippen molar-refractivity contribution >= 4 is 43.4 Å². The number of hydrogen-bond donors (Lipinski definition) is 1. The second-order valence-electron chi connectivity index (χ2n) is 10.1. The Bertz CT molecular complexity index is 1840. The first-order valence-corrected chi connectivity index (χ1v) is 15.0. The summed E-state index contributed by atoms with van der Waals surface area (Å²) >= 11 is 0. The van der Waals surface area contributed by atoms with E-state index in [-0.39, 0.29) is 4.90 Å². The van der Waals surface area contributed by atoms with Crippen molar-refractivity contribution in [1.29, 1.82) is 5.26 Å². The van der Waals surface area contributed by atoms with Gasteiger partial charge < -0.3 is 14.6 Å². The zero-order valence-corrected chi connectivity index (χ0v) is 24.0. The molecule has 0 atom stereocenters. The predicted molar refractivity (Wildman–Crippen MR) is 158 cm³/mol. The number of nitrogens with one attached hydrogen (secondary N) is 1. The van der Waals surface area contributed by atoms with E-state index in [1.54, 1.807) is 12.1 Å². The molecule has 5 aromatic rings. The lowest BCUT2D eigenvalue weighted by molar-refractivity contribution is -0.618. The zero-order valence-electron chi connectivity index (χ0n) is 23.2. The molecule has 0 bridgehead atoms. The number of para-hydroxylation sites is 3. The number of pyridine rings is 1. The van der Waals surface area contributed by atoms with Gasteiger partial charge in [-0.1, -0.05) is 42.0 Å². The lowest BCUT2D eigenvalue weighted by Crippen LogP contribution is -2.37. The summed E-state index contributed by atoms with van der Waals surface area (Å²) in [7, 11) is -2.23. The van der Waals surface area contributed by atoms with Crippen molar-refractivity contribution < 1.29 is 22.3 Å². The van der Waals surface area contributed by atoms with Gasteiger partial charge in [-0.3, -0.25) is 4.90 Å². The Hall–Kier alpha value is -4.01. The molecule has 1 fully saturated rings. The van der Waals surface area contributed by atoms with Crippen LogP contribution in [0.5, 0.6) is 0 Å². The maximum atomic E-state index is 10.4. The van der Waals surface area contributed by atoms with Gasteiger partial charge in [0.25, 0.3) is 0 Å². The maximum absolute atomic E-state index is 10.4. The number of nitriles is 1. The Balaban J connectivity index is 0.000000259. The molecule has 6 rings (SSSR count). The molecule has 0 amide bonds. The number of nitrogens with zero attached hydrogens (tertiary/aromatic N) is 4. The highest BCUT2D eigenvalue weighted by molar-refractivity contribution is 7.85. The van der Waals surface area contributed by atoms with Crippen LogP contribution in [0.4, 0.5) is 5.69 Å². The molecule has 212 valence electrons. The van der Waals surface area contributed by atoms with Gasteiger partial charge in [0.05, 0.1) is 30.8 Å². The predicted octanol–water partition coefficient (Wildman–Crippen LogP) is 3.98. The van der Waals surface area contributed by atoms with Crippen LogP contribution < -0.4 is 9.88 Å². The third-order valence-electron chi connectivity index (χ3n) is 7.38. The Morgan fingerprint density at radius 2 is 1.66 bits per heavy atom. The first-order chi connectivity index (χ1) is 19.8. The average Bonchev–Trinajstić information content (AvgIpc) is 3.28. The second kappa shape index (κ2) is 12.2. The first-order valence-electron chi connectivity index (χ1n) is 13.6. The Morgan fingerprint density at radius 1 is 1.00 bits per heavy atom. The first kappa shape index (κ1) is 28.5. The minimum Gasteiger partial charge on any atom is -0.744 e. The molecule has 1 N–H and O–H groups in total. The van der Waals surface area contributed by atoms with E-state index >= 15 is 0 Å². The molecule has 0 saturated carbocycles. The van der Waals surface area contributed by atoms with Gasteiger partial charge in [-0.15, -0.1) is 0 Å². The average molecular weight is 572 g/mol. The molecule has 1 saturated heterocycles. The summed E-state index contributed by atoms with van der Waals surface area (Å²) in [6.45, 7) is 7.35. The SMILES string of the molecule is C[n+]1c2ccccc2n2c3ccccc3c(NCCCN3CCOCC3)c(C#N)c21.Cc1ccc(S(=O)(=O)[O-])cc1. The molecule has 10 heteroatoms. The van der Waals surface area contributed by atoms with E-state index in [2.05, 4.69) is 55.6 Å². The summed E-state index contributed by atoms with van der Waals surface area (Å²) in [5, 5.41) is 14.8. The Kier molecular flexibility index (Phi) is 8.52. The van der Waals surface area contributed by atoms with Gasteiger partial charge in [-0.2, -0.15) is 9.66 Å². The van der Waals surface area contributed by atoms with Crippen molar-refractivity contribution in [2.75, 3.05) is 44.7 Å². The molecule has 0 radical (unpaired) electrons. The van der Waals surface area contributed by atoms with Gasteiger partial charge in [-0.05, 0) is 56.3 Å². The summed E-state index contributed by atoms with van der Waals surface area (Å²) in [6, 6.07) is 24.9. The summed E-state index contributed by atoms with van der Waals surface area (Å²) in [5.41, 5.74) is 6.81. The largest absolute Gasteiger partial charge is 0.744 e. The fourth-order valence-corrected chi connectivity index (χ4v) is 5.77.